The standard InChI is InChI=1S/C23H31Cl2NO3.ClH/c1-3-5-13-27-14-7-12-26-16-18-8-6-9-22(28-4-2)23(18)29-17-19-10-11-20(24)15-21(19)25;/h6,8-11,15,26H,3-5,7,12-14,16-17H2,1-2H3;1H. The second-order valence-electron chi connectivity index (χ2n) is 6.70. The Morgan fingerprint density at radius 3 is 2.47 bits per heavy atom. The largest absolute Gasteiger partial charge is 0.490 e. The molecule has 0 spiro atoms. The highest BCUT2D eigenvalue weighted by molar-refractivity contribution is 6.35. The monoisotopic (exact) mass is 475 g/mol. The number of unbranched alkanes of at least 4 members (excludes halogenated alkanes) is 1. The summed E-state index contributed by atoms with van der Waals surface area (Å²) in [5.74, 6) is 1.48. The number of para-hydroxylation sites is 1. The van der Waals surface area contributed by atoms with Gasteiger partial charge in [-0.2, -0.15) is 0 Å². The van der Waals surface area contributed by atoms with Gasteiger partial charge in [0.1, 0.15) is 6.61 Å². The van der Waals surface area contributed by atoms with E-state index in [-0.39, 0.29) is 12.4 Å². The molecule has 0 radical (unpaired) electrons. The van der Waals surface area contributed by atoms with Gasteiger partial charge >= 0.3 is 0 Å². The molecule has 0 unspecified atom stereocenters. The number of nitrogens with one attached hydrogen (secondary N) is 1. The summed E-state index contributed by atoms with van der Waals surface area (Å²) in [5.41, 5.74) is 1.93. The van der Waals surface area contributed by atoms with Crippen molar-refractivity contribution in [1.29, 1.82) is 0 Å². The van der Waals surface area contributed by atoms with Crippen molar-refractivity contribution in [2.24, 2.45) is 0 Å². The SMILES string of the molecule is CCCCOCCCNCc1cccc(OCC)c1OCc1ccc(Cl)cc1Cl.Cl. The number of hydrogen-bond donors (Lipinski definition) is 1. The maximum Gasteiger partial charge on any atom is 0.166 e. The zero-order valence-corrected chi connectivity index (χ0v) is 20.0. The van der Waals surface area contributed by atoms with Crippen LogP contribution in [-0.2, 0) is 17.9 Å². The van der Waals surface area contributed by atoms with Crippen molar-refractivity contribution in [2.45, 2.75) is 46.3 Å². The molecule has 2 aromatic rings. The maximum atomic E-state index is 6.28. The third-order valence-corrected chi connectivity index (χ3v) is 4.93. The van der Waals surface area contributed by atoms with Crippen molar-refractivity contribution in [3.8, 4) is 11.5 Å². The van der Waals surface area contributed by atoms with Gasteiger partial charge < -0.3 is 19.5 Å². The van der Waals surface area contributed by atoms with Gasteiger partial charge in [0.05, 0.1) is 6.61 Å². The quantitative estimate of drug-likeness (QED) is 0.308. The molecule has 0 bridgehead atoms. The van der Waals surface area contributed by atoms with E-state index >= 15 is 0 Å². The van der Waals surface area contributed by atoms with E-state index < -0.39 is 0 Å². The molecule has 4 nitrogen and oxygen atoms in total. The van der Waals surface area contributed by atoms with E-state index in [0.717, 1.165) is 55.2 Å². The summed E-state index contributed by atoms with van der Waals surface area (Å²) in [6.07, 6.45) is 3.26. The Morgan fingerprint density at radius 2 is 1.73 bits per heavy atom. The molecule has 7 heteroatoms. The fraction of sp³-hybridized carbons (Fsp3) is 0.478. The van der Waals surface area contributed by atoms with Gasteiger partial charge in [0.25, 0.3) is 0 Å². The lowest BCUT2D eigenvalue weighted by Crippen LogP contribution is -2.17. The number of benzene rings is 2. The molecule has 1 N–H and O–H groups in total. The molecular weight excluding hydrogens is 445 g/mol. The van der Waals surface area contributed by atoms with Crippen molar-refractivity contribution in [3.63, 3.8) is 0 Å². The molecule has 0 aliphatic carbocycles. The highest BCUT2D eigenvalue weighted by Crippen LogP contribution is 2.33. The summed E-state index contributed by atoms with van der Waals surface area (Å²) >= 11 is 12.3. The molecule has 0 aliphatic rings. The highest BCUT2D eigenvalue weighted by Gasteiger charge is 2.12. The first-order chi connectivity index (χ1) is 14.2. The van der Waals surface area contributed by atoms with E-state index in [1.54, 1.807) is 6.07 Å². The molecule has 2 rings (SSSR count). The van der Waals surface area contributed by atoms with Crippen LogP contribution in [0, 0.1) is 0 Å². The first kappa shape index (κ1) is 26.9. The van der Waals surface area contributed by atoms with Gasteiger partial charge in [0.2, 0.25) is 0 Å². The van der Waals surface area contributed by atoms with Gasteiger partial charge in [-0.15, -0.1) is 12.4 Å². The molecule has 0 amide bonds. The predicted octanol–water partition coefficient (Wildman–Crippen LogP) is 6.69. The Balaban J connectivity index is 0.00000450. The molecule has 168 valence electrons. The summed E-state index contributed by atoms with van der Waals surface area (Å²) in [6.45, 7) is 8.25. The van der Waals surface area contributed by atoms with E-state index in [0.29, 0.717) is 29.8 Å². The average Bonchev–Trinajstić information content (AvgIpc) is 2.70. The van der Waals surface area contributed by atoms with Crippen LogP contribution in [0.15, 0.2) is 36.4 Å². The van der Waals surface area contributed by atoms with Gasteiger partial charge in [-0.3, -0.25) is 0 Å². The van der Waals surface area contributed by atoms with Crippen LogP contribution in [0.25, 0.3) is 0 Å². The average molecular weight is 477 g/mol. The van der Waals surface area contributed by atoms with Gasteiger partial charge in [0.15, 0.2) is 11.5 Å². The van der Waals surface area contributed by atoms with Crippen molar-refractivity contribution in [1.82, 2.24) is 5.32 Å². The van der Waals surface area contributed by atoms with E-state index in [9.17, 15) is 0 Å². The summed E-state index contributed by atoms with van der Waals surface area (Å²) in [7, 11) is 0. The first-order valence-electron chi connectivity index (χ1n) is 10.3. The number of ether oxygens (including phenoxy) is 3. The lowest BCUT2D eigenvalue weighted by Gasteiger charge is -2.17. The lowest BCUT2D eigenvalue weighted by molar-refractivity contribution is 0.128. The van der Waals surface area contributed by atoms with E-state index in [4.69, 9.17) is 37.4 Å². The van der Waals surface area contributed by atoms with Crippen LogP contribution in [0.2, 0.25) is 10.0 Å². The number of hydrogen-bond acceptors (Lipinski definition) is 4. The van der Waals surface area contributed by atoms with Crippen LogP contribution in [0.3, 0.4) is 0 Å². The Bertz CT molecular complexity index is 744. The van der Waals surface area contributed by atoms with Crippen molar-refractivity contribution >= 4 is 35.6 Å². The number of rotatable bonds is 14. The van der Waals surface area contributed by atoms with Crippen molar-refractivity contribution < 1.29 is 14.2 Å². The van der Waals surface area contributed by atoms with E-state index in [1.165, 1.54) is 6.42 Å². The normalized spacial score (nSPS) is 10.5. The van der Waals surface area contributed by atoms with Gasteiger partial charge in [-0.05, 0) is 44.5 Å². The minimum Gasteiger partial charge on any atom is -0.490 e. The Labute approximate surface area is 196 Å². The van der Waals surface area contributed by atoms with Crippen molar-refractivity contribution in [2.75, 3.05) is 26.4 Å². The number of halogens is 3. The molecule has 2 aromatic carbocycles. The summed E-state index contributed by atoms with van der Waals surface area (Å²) in [6, 6.07) is 11.4. The minimum atomic E-state index is 0. The topological polar surface area (TPSA) is 39.7 Å². The molecule has 30 heavy (non-hydrogen) atoms. The molecular formula is C23H32Cl3NO3. The molecule has 0 atom stereocenters. The zero-order chi connectivity index (χ0) is 20.9. The summed E-state index contributed by atoms with van der Waals surface area (Å²) < 4.78 is 17.5. The van der Waals surface area contributed by atoms with Crippen LogP contribution in [-0.4, -0.2) is 26.4 Å². The lowest BCUT2D eigenvalue weighted by atomic mass is 10.1. The Kier molecular flexibility index (Phi) is 14.0. The second kappa shape index (κ2) is 15.6. The van der Waals surface area contributed by atoms with Crippen LogP contribution >= 0.6 is 35.6 Å². The Morgan fingerprint density at radius 1 is 0.933 bits per heavy atom. The fourth-order valence-corrected chi connectivity index (χ4v) is 3.26. The van der Waals surface area contributed by atoms with Crippen LogP contribution in [0.4, 0.5) is 0 Å². The summed E-state index contributed by atoms with van der Waals surface area (Å²) in [4.78, 5) is 0. The molecule has 0 saturated heterocycles. The first-order valence-corrected chi connectivity index (χ1v) is 11.0. The van der Waals surface area contributed by atoms with E-state index in [2.05, 4.69) is 12.2 Å². The van der Waals surface area contributed by atoms with Gasteiger partial charge in [-0.1, -0.05) is 54.7 Å². The maximum absolute atomic E-state index is 6.28. The highest BCUT2D eigenvalue weighted by atomic mass is 35.5. The predicted molar refractivity (Wildman–Crippen MR) is 128 cm³/mol. The smallest absolute Gasteiger partial charge is 0.166 e. The molecule has 0 aliphatic heterocycles. The minimum absolute atomic E-state index is 0. The molecule has 0 aromatic heterocycles. The van der Waals surface area contributed by atoms with E-state index in [1.807, 2.05) is 37.3 Å². The van der Waals surface area contributed by atoms with Crippen LogP contribution < -0.4 is 14.8 Å². The van der Waals surface area contributed by atoms with Crippen LogP contribution in [0.5, 0.6) is 11.5 Å². The van der Waals surface area contributed by atoms with Gasteiger partial charge in [-0.25, -0.2) is 0 Å². The van der Waals surface area contributed by atoms with Crippen LogP contribution in [0.1, 0.15) is 44.2 Å². The van der Waals surface area contributed by atoms with Gasteiger partial charge in [0, 0.05) is 40.9 Å². The summed E-state index contributed by atoms with van der Waals surface area (Å²) in [5, 5.41) is 4.66. The Hall–Kier alpha value is -1.17. The van der Waals surface area contributed by atoms with Crippen molar-refractivity contribution in [3.05, 3.63) is 57.6 Å². The molecule has 0 heterocycles. The fourth-order valence-electron chi connectivity index (χ4n) is 2.79. The zero-order valence-electron chi connectivity index (χ0n) is 17.7. The molecule has 0 saturated carbocycles. The third-order valence-electron chi connectivity index (χ3n) is 4.35. The molecule has 0 fully saturated rings. The second-order valence-corrected chi connectivity index (χ2v) is 7.54. The third kappa shape index (κ3) is 9.32.